The molecule has 1 aromatic carbocycles. The van der Waals surface area contributed by atoms with Gasteiger partial charge in [-0.25, -0.2) is 0 Å². The van der Waals surface area contributed by atoms with E-state index in [9.17, 15) is 5.11 Å². The Labute approximate surface area is 106 Å². The molecule has 0 aliphatic carbocycles. The fourth-order valence-corrected chi connectivity index (χ4v) is 3.24. The van der Waals surface area contributed by atoms with Crippen LogP contribution >= 0.6 is 11.3 Å². The third-order valence-corrected chi connectivity index (χ3v) is 3.66. The standard InChI is InChI=1S/C14H19NOS/c1-14(2,16)10-15(3)9-12-8-11-6-4-5-7-13(11)17-12/h4-8,16H,9-10H2,1-3H3. The van der Waals surface area contributed by atoms with Crippen LogP contribution in [0.5, 0.6) is 0 Å². The zero-order chi connectivity index (χ0) is 12.5. The van der Waals surface area contributed by atoms with Crippen LogP contribution in [0.25, 0.3) is 10.1 Å². The van der Waals surface area contributed by atoms with Crippen LogP contribution in [0.4, 0.5) is 0 Å². The molecule has 2 nitrogen and oxygen atoms in total. The summed E-state index contributed by atoms with van der Waals surface area (Å²) in [5.74, 6) is 0. The second-order valence-corrected chi connectivity index (χ2v) is 6.40. The summed E-state index contributed by atoms with van der Waals surface area (Å²) >= 11 is 1.83. The van der Waals surface area contributed by atoms with Gasteiger partial charge in [0.2, 0.25) is 0 Å². The average Bonchev–Trinajstić information content (AvgIpc) is 2.55. The first-order valence-corrected chi connectivity index (χ1v) is 6.64. The number of benzene rings is 1. The molecule has 1 N–H and O–H groups in total. The van der Waals surface area contributed by atoms with Crippen LogP contribution in [0.3, 0.4) is 0 Å². The first kappa shape index (κ1) is 12.6. The molecule has 3 heteroatoms. The summed E-state index contributed by atoms with van der Waals surface area (Å²) in [5.41, 5.74) is -0.633. The van der Waals surface area contributed by atoms with Gasteiger partial charge in [0.25, 0.3) is 0 Å². The van der Waals surface area contributed by atoms with E-state index in [-0.39, 0.29) is 0 Å². The molecule has 0 saturated carbocycles. The van der Waals surface area contributed by atoms with E-state index >= 15 is 0 Å². The molecule has 1 aromatic heterocycles. The number of likely N-dealkylation sites (N-methyl/N-ethyl adjacent to an activating group) is 1. The molecule has 0 unspecified atom stereocenters. The average molecular weight is 249 g/mol. The molecule has 2 aromatic rings. The molecule has 0 atom stereocenters. The topological polar surface area (TPSA) is 23.5 Å². The zero-order valence-electron chi connectivity index (χ0n) is 10.6. The van der Waals surface area contributed by atoms with Gasteiger partial charge in [-0.1, -0.05) is 18.2 Å². The minimum absolute atomic E-state index is 0.633. The van der Waals surface area contributed by atoms with Crippen LogP contribution in [-0.4, -0.2) is 29.2 Å². The molecule has 0 saturated heterocycles. The SMILES string of the molecule is CN(Cc1cc2ccccc2s1)CC(C)(C)O. The normalized spacial score (nSPS) is 12.5. The zero-order valence-corrected chi connectivity index (χ0v) is 11.4. The van der Waals surface area contributed by atoms with E-state index in [1.54, 1.807) is 0 Å². The maximum atomic E-state index is 9.77. The van der Waals surface area contributed by atoms with E-state index in [0.29, 0.717) is 6.54 Å². The second-order valence-electron chi connectivity index (χ2n) is 5.24. The number of rotatable bonds is 4. The van der Waals surface area contributed by atoms with Gasteiger partial charge in [-0.15, -0.1) is 11.3 Å². The van der Waals surface area contributed by atoms with E-state index in [1.807, 2.05) is 32.2 Å². The largest absolute Gasteiger partial charge is 0.389 e. The summed E-state index contributed by atoms with van der Waals surface area (Å²) in [6.07, 6.45) is 0. The van der Waals surface area contributed by atoms with Crippen LogP contribution in [0.15, 0.2) is 30.3 Å². The number of nitrogens with zero attached hydrogens (tertiary/aromatic N) is 1. The van der Waals surface area contributed by atoms with Crippen molar-refractivity contribution in [1.29, 1.82) is 0 Å². The molecular weight excluding hydrogens is 230 g/mol. The summed E-state index contributed by atoms with van der Waals surface area (Å²) in [5, 5.41) is 11.1. The van der Waals surface area contributed by atoms with Crippen LogP contribution < -0.4 is 0 Å². The number of thiophene rings is 1. The fourth-order valence-electron chi connectivity index (χ4n) is 2.10. The van der Waals surface area contributed by atoms with E-state index in [0.717, 1.165) is 6.54 Å². The Bertz CT molecular complexity index is 465. The maximum Gasteiger partial charge on any atom is 0.0718 e. The molecule has 92 valence electrons. The summed E-state index contributed by atoms with van der Waals surface area (Å²) in [6, 6.07) is 10.7. The van der Waals surface area contributed by atoms with Gasteiger partial charge in [0.1, 0.15) is 0 Å². The monoisotopic (exact) mass is 249 g/mol. The van der Waals surface area contributed by atoms with Crippen molar-refractivity contribution in [3.63, 3.8) is 0 Å². The lowest BCUT2D eigenvalue weighted by Gasteiger charge is -2.24. The highest BCUT2D eigenvalue weighted by molar-refractivity contribution is 7.19. The summed E-state index contributed by atoms with van der Waals surface area (Å²) in [6.45, 7) is 5.26. The number of hydrogen-bond donors (Lipinski definition) is 1. The Morgan fingerprint density at radius 1 is 1.29 bits per heavy atom. The van der Waals surface area contributed by atoms with Crippen LogP contribution in [0, 0.1) is 0 Å². The van der Waals surface area contributed by atoms with Crippen molar-refractivity contribution in [2.75, 3.05) is 13.6 Å². The Morgan fingerprint density at radius 2 is 2.00 bits per heavy atom. The second kappa shape index (κ2) is 4.77. The summed E-state index contributed by atoms with van der Waals surface area (Å²) < 4.78 is 1.33. The van der Waals surface area contributed by atoms with Crippen molar-refractivity contribution in [3.8, 4) is 0 Å². The minimum atomic E-state index is -0.633. The van der Waals surface area contributed by atoms with Gasteiger partial charge in [-0.05, 0) is 38.4 Å². The van der Waals surface area contributed by atoms with Gasteiger partial charge >= 0.3 is 0 Å². The van der Waals surface area contributed by atoms with Crippen molar-refractivity contribution in [3.05, 3.63) is 35.2 Å². The summed E-state index contributed by atoms with van der Waals surface area (Å²) in [7, 11) is 2.04. The van der Waals surface area contributed by atoms with Crippen molar-refractivity contribution < 1.29 is 5.11 Å². The van der Waals surface area contributed by atoms with Gasteiger partial charge in [0.05, 0.1) is 5.60 Å². The molecule has 0 spiro atoms. The highest BCUT2D eigenvalue weighted by atomic mass is 32.1. The lowest BCUT2D eigenvalue weighted by atomic mass is 10.1. The molecule has 0 amide bonds. The smallest absolute Gasteiger partial charge is 0.0718 e. The van der Waals surface area contributed by atoms with Gasteiger partial charge in [0, 0.05) is 22.7 Å². The molecule has 1 heterocycles. The Kier molecular flexibility index (Phi) is 3.52. The predicted octanol–water partition coefficient (Wildman–Crippen LogP) is 3.10. The van der Waals surface area contributed by atoms with Crippen molar-refractivity contribution in [2.24, 2.45) is 0 Å². The minimum Gasteiger partial charge on any atom is -0.389 e. The van der Waals surface area contributed by atoms with Gasteiger partial charge in [-0.2, -0.15) is 0 Å². The fraction of sp³-hybridized carbons (Fsp3) is 0.429. The third kappa shape index (κ3) is 3.53. The molecule has 0 aliphatic rings. The Morgan fingerprint density at radius 3 is 2.65 bits per heavy atom. The predicted molar refractivity (Wildman–Crippen MR) is 74.5 cm³/mol. The van der Waals surface area contributed by atoms with Crippen LogP contribution in [0.2, 0.25) is 0 Å². The van der Waals surface area contributed by atoms with Gasteiger partial charge < -0.3 is 5.11 Å². The molecular formula is C14H19NOS. The van der Waals surface area contributed by atoms with E-state index in [4.69, 9.17) is 0 Å². The number of aliphatic hydroxyl groups is 1. The van der Waals surface area contributed by atoms with Crippen molar-refractivity contribution >= 4 is 21.4 Å². The lowest BCUT2D eigenvalue weighted by Crippen LogP contribution is -2.35. The molecule has 0 radical (unpaired) electrons. The maximum absolute atomic E-state index is 9.77. The lowest BCUT2D eigenvalue weighted by molar-refractivity contribution is 0.0427. The third-order valence-electron chi connectivity index (χ3n) is 2.56. The Balaban J connectivity index is 2.08. The van der Waals surface area contributed by atoms with E-state index in [2.05, 4.69) is 35.2 Å². The first-order valence-electron chi connectivity index (χ1n) is 5.82. The van der Waals surface area contributed by atoms with Crippen molar-refractivity contribution in [1.82, 2.24) is 4.90 Å². The molecule has 0 bridgehead atoms. The number of fused-ring (bicyclic) bond motifs is 1. The van der Waals surface area contributed by atoms with E-state index < -0.39 is 5.60 Å². The number of hydrogen-bond acceptors (Lipinski definition) is 3. The van der Waals surface area contributed by atoms with Crippen LogP contribution in [0.1, 0.15) is 18.7 Å². The van der Waals surface area contributed by atoms with Crippen molar-refractivity contribution in [2.45, 2.75) is 26.0 Å². The van der Waals surface area contributed by atoms with Gasteiger partial charge in [0.15, 0.2) is 0 Å². The molecule has 0 fully saturated rings. The first-order chi connectivity index (χ1) is 7.94. The quantitative estimate of drug-likeness (QED) is 0.900. The van der Waals surface area contributed by atoms with Gasteiger partial charge in [-0.3, -0.25) is 4.90 Å². The molecule has 0 aliphatic heterocycles. The van der Waals surface area contributed by atoms with Crippen LogP contribution in [-0.2, 0) is 6.54 Å². The van der Waals surface area contributed by atoms with E-state index in [1.165, 1.54) is 15.0 Å². The molecule has 17 heavy (non-hydrogen) atoms. The highest BCUT2D eigenvalue weighted by Gasteiger charge is 2.16. The highest BCUT2D eigenvalue weighted by Crippen LogP contribution is 2.26. The molecule has 2 rings (SSSR count). The summed E-state index contributed by atoms with van der Waals surface area (Å²) in [4.78, 5) is 3.50. The Hall–Kier alpha value is -0.900.